The van der Waals surface area contributed by atoms with Crippen LogP contribution in [0.25, 0.3) is 0 Å². The predicted molar refractivity (Wildman–Crippen MR) is 105 cm³/mol. The van der Waals surface area contributed by atoms with Crippen molar-refractivity contribution in [3.8, 4) is 5.75 Å². The van der Waals surface area contributed by atoms with E-state index in [-0.39, 0.29) is 11.7 Å². The lowest BCUT2D eigenvalue weighted by Crippen LogP contribution is -2.59. The number of hydrogen-bond acceptors (Lipinski definition) is 6. The Morgan fingerprint density at radius 2 is 1.76 bits per heavy atom. The van der Waals surface area contributed by atoms with E-state index in [1.165, 1.54) is 4.90 Å². The molecule has 8 heteroatoms. The average Bonchev–Trinajstić information content (AvgIpc) is 2.71. The number of aldehydes is 1. The van der Waals surface area contributed by atoms with E-state index in [4.69, 9.17) is 9.47 Å². The van der Waals surface area contributed by atoms with E-state index < -0.39 is 30.6 Å². The third-order valence-corrected chi connectivity index (χ3v) is 4.51. The van der Waals surface area contributed by atoms with Crippen molar-refractivity contribution < 1.29 is 28.7 Å². The first-order valence-corrected chi connectivity index (χ1v) is 8.90. The number of hydrogen-bond donors (Lipinski definition) is 1. The highest BCUT2D eigenvalue weighted by Crippen LogP contribution is 2.36. The molecule has 150 valence electrons. The van der Waals surface area contributed by atoms with Gasteiger partial charge in [0, 0.05) is 0 Å². The zero-order valence-electron chi connectivity index (χ0n) is 16.0. The monoisotopic (exact) mass is 396 g/mol. The number of rotatable bonds is 6. The summed E-state index contributed by atoms with van der Waals surface area (Å²) in [4.78, 5) is 49.4. The zero-order chi connectivity index (χ0) is 21.0. The van der Waals surface area contributed by atoms with Crippen molar-refractivity contribution in [1.29, 1.82) is 0 Å². The van der Waals surface area contributed by atoms with Crippen LogP contribution in [0.4, 0.5) is 11.4 Å². The second kappa shape index (κ2) is 8.14. The minimum Gasteiger partial charge on any atom is -0.481 e. The van der Waals surface area contributed by atoms with Crippen molar-refractivity contribution in [2.24, 2.45) is 0 Å². The Balaban J connectivity index is 1.64. The maximum absolute atomic E-state index is 12.8. The summed E-state index contributed by atoms with van der Waals surface area (Å²) in [6, 6.07) is 13.3. The molecule has 0 saturated heterocycles. The number of para-hydroxylation sites is 3. The summed E-state index contributed by atoms with van der Waals surface area (Å²) in [7, 11) is 0. The molecule has 0 bridgehead atoms. The summed E-state index contributed by atoms with van der Waals surface area (Å²) >= 11 is 0. The molecule has 0 spiro atoms. The predicted octanol–water partition coefficient (Wildman–Crippen LogP) is 2.18. The number of carbonyl (C=O) groups excluding carboxylic acids is 4. The fourth-order valence-electron chi connectivity index (χ4n) is 2.99. The highest BCUT2D eigenvalue weighted by Gasteiger charge is 2.43. The Labute approximate surface area is 167 Å². The number of carbonyl (C=O) groups is 4. The molecule has 1 aliphatic rings. The molecule has 2 aromatic rings. The quantitative estimate of drug-likeness (QED) is 0.593. The van der Waals surface area contributed by atoms with Crippen molar-refractivity contribution in [2.45, 2.75) is 19.4 Å². The van der Waals surface area contributed by atoms with Crippen molar-refractivity contribution >= 4 is 35.4 Å². The molecule has 1 aliphatic heterocycles. The molecule has 2 amide bonds. The number of nitrogens with zero attached hydrogens (tertiary/aromatic N) is 1. The molecule has 0 atom stereocenters. The van der Waals surface area contributed by atoms with E-state index in [2.05, 4.69) is 5.32 Å². The Hall–Kier alpha value is -3.68. The molecule has 0 unspecified atom stereocenters. The summed E-state index contributed by atoms with van der Waals surface area (Å²) in [5, 5.41) is 2.76. The van der Waals surface area contributed by atoms with Crippen LogP contribution in [0.1, 0.15) is 24.2 Å². The van der Waals surface area contributed by atoms with E-state index in [0.717, 1.165) is 0 Å². The summed E-state index contributed by atoms with van der Waals surface area (Å²) < 4.78 is 10.3. The first-order chi connectivity index (χ1) is 13.8. The molecule has 3 rings (SSSR count). The molecule has 8 nitrogen and oxygen atoms in total. The maximum atomic E-state index is 12.8. The van der Waals surface area contributed by atoms with Crippen molar-refractivity contribution in [3.05, 3.63) is 54.1 Å². The van der Waals surface area contributed by atoms with Crippen molar-refractivity contribution in [3.63, 3.8) is 0 Å². The van der Waals surface area contributed by atoms with Crippen molar-refractivity contribution in [2.75, 3.05) is 23.4 Å². The van der Waals surface area contributed by atoms with E-state index >= 15 is 0 Å². The van der Waals surface area contributed by atoms with Gasteiger partial charge in [-0.15, -0.1) is 0 Å². The standard InChI is InChI=1S/C21H20N2O6/c1-21(2)20(27)22-15-8-4-5-9-16(15)23(21)18(25)12-29-19(26)13-28-17-10-6-3-7-14(17)11-24/h3-11H,12-13H2,1-2H3,(H,22,27). The average molecular weight is 396 g/mol. The number of amides is 2. The van der Waals surface area contributed by atoms with E-state index in [0.29, 0.717) is 23.2 Å². The molecular weight excluding hydrogens is 376 g/mol. The van der Waals surface area contributed by atoms with E-state index in [9.17, 15) is 19.2 Å². The summed E-state index contributed by atoms with van der Waals surface area (Å²) in [6.07, 6.45) is 0.616. The molecule has 29 heavy (non-hydrogen) atoms. The van der Waals surface area contributed by atoms with Gasteiger partial charge < -0.3 is 14.8 Å². The lowest BCUT2D eigenvalue weighted by molar-refractivity contribution is -0.150. The van der Waals surface area contributed by atoms with Crippen LogP contribution in [0.15, 0.2) is 48.5 Å². The molecule has 0 radical (unpaired) electrons. The molecule has 1 heterocycles. The maximum Gasteiger partial charge on any atom is 0.344 e. The molecule has 0 fully saturated rings. The number of ether oxygens (including phenoxy) is 2. The van der Waals surface area contributed by atoms with Gasteiger partial charge >= 0.3 is 5.97 Å². The second-order valence-electron chi connectivity index (χ2n) is 6.86. The largest absolute Gasteiger partial charge is 0.481 e. The van der Waals surface area contributed by atoms with Gasteiger partial charge in [-0.3, -0.25) is 19.3 Å². The van der Waals surface area contributed by atoms with Crippen LogP contribution >= 0.6 is 0 Å². The number of fused-ring (bicyclic) bond motifs is 1. The first-order valence-electron chi connectivity index (χ1n) is 8.90. The van der Waals surface area contributed by atoms with Crippen LogP contribution in [0.3, 0.4) is 0 Å². The topological polar surface area (TPSA) is 102 Å². The van der Waals surface area contributed by atoms with Crippen LogP contribution < -0.4 is 15.0 Å². The van der Waals surface area contributed by atoms with E-state index in [1.54, 1.807) is 62.4 Å². The zero-order valence-corrected chi connectivity index (χ0v) is 16.0. The molecule has 0 aliphatic carbocycles. The first kappa shape index (κ1) is 20.1. The van der Waals surface area contributed by atoms with Gasteiger partial charge in [-0.1, -0.05) is 24.3 Å². The Bertz CT molecular complexity index is 969. The van der Waals surface area contributed by atoms with Gasteiger partial charge in [0.25, 0.3) is 5.91 Å². The van der Waals surface area contributed by atoms with Crippen LogP contribution in [0.5, 0.6) is 5.75 Å². The van der Waals surface area contributed by atoms with Crippen LogP contribution in [-0.2, 0) is 19.1 Å². The van der Waals surface area contributed by atoms with Gasteiger partial charge in [0.2, 0.25) is 5.91 Å². The lowest BCUT2D eigenvalue weighted by Gasteiger charge is -2.41. The lowest BCUT2D eigenvalue weighted by atomic mass is 9.96. The molecular formula is C21H20N2O6. The third kappa shape index (κ3) is 4.11. The molecule has 2 aromatic carbocycles. The Morgan fingerprint density at radius 3 is 2.52 bits per heavy atom. The highest BCUT2D eigenvalue weighted by molar-refractivity contribution is 6.14. The smallest absolute Gasteiger partial charge is 0.344 e. The molecule has 0 aromatic heterocycles. The number of benzene rings is 2. The Morgan fingerprint density at radius 1 is 1.07 bits per heavy atom. The van der Waals surface area contributed by atoms with Crippen molar-refractivity contribution in [1.82, 2.24) is 0 Å². The Kier molecular flexibility index (Phi) is 5.63. The van der Waals surface area contributed by atoms with Gasteiger partial charge in [0.15, 0.2) is 19.5 Å². The molecule has 1 N–H and O–H groups in total. The minimum absolute atomic E-state index is 0.244. The highest BCUT2D eigenvalue weighted by atomic mass is 16.6. The third-order valence-electron chi connectivity index (χ3n) is 4.51. The van der Waals surface area contributed by atoms with Gasteiger partial charge in [-0.05, 0) is 38.1 Å². The van der Waals surface area contributed by atoms with Gasteiger partial charge in [-0.25, -0.2) is 4.79 Å². The minimum atomic E-state index is -1.16. The second-order valence-corrected chi connectivity index (χ2v) is 6.86. The fraction of sp³-hybridized carbons (Fsp3) is 0.238. The SMILES string of the molecule is CC1(C)C(=O)Nc2ccccc2N1C(=O)COC(=O)COc1ccccc1C=O. The number of anilines is 2. The van der Waals surface area contributed by atoms with Gasteiger partial charge in [0.05, 0.1) is 16.9 Å². The van der Waals surface area contributed by atoms with Crippen LogP contribution in [-0.4, -0.2) is 42.8 Å². The summed E-state index contributed by atoms with van der Waals surface area (Å²) in [5.74, 6) is -1.41. The summed E-state index contributed by atoms with van der Waals surface area (Å²) in [5.41, 5.74) is 0.172. The molecule has 0 saturated carbocycles. The van der Waals surface area contributed by atoms with Gasteiger partial charge in [0.1, 0.15) is 11.3 Å². The fourth-order valence-corrected chi connectivity index (χ4v) is 2.99. The van der Waals surface area contributed by atoms with E-state index in [1.807, 2.05) is 0 Å². The van der Waals surface area contributed by atoms with Gasteiger partial charge in [-0.2, -0.15) is 0 Å². The number of esters is 1. The normalized spacial score (nSPS) is 14.4. The van der Waals surface area contributed by atoms with Crippen LogP contribution in [0.2, 0.25) is 0 Å². The number of nitrogens with one attached hydrogen (secondary N) is 1. The summed E-state index contributed by atoms with van der Waals surface area (Å²) in [6.45, 7) is 2.20. The van der Waals surface area contributed by atoms with Crippen LogP contribution in [0, 0.1) is 0 Å².